The van der Waals surface area contributed by atoms with E-state index in [0.29, 0.717) is 24.4 Å². The average Bonchev–Trinajstić information content (AvgIpc) is 2.41. The zero-order chi connectivity index (χ0) is 13.7. The van der Waals surface area contributed by atoms with Gasteiger partial charge in [-0.3, -0.25) is 9.69 Å². The van der Waals surface area contributed by atoms with Gasteiger partial charge in [-0.1, -0.05) is 19.8 Å². The molecule has 110 valence electrons. The Morgan fingerprint density at radius 2 is 2.05 bits per heavy atom. The minimum atomic E-state index is 0.205. The Kier molecular flexibility index (Phi) is 5.64. The number of nitrogens with two attached hydrogens (primary N) is 1. The zero-order valence-electron chi connectivity index (χ0n) is 12.2. The standard InChI is InChI=1S/C15H29N3O/c1-12-5-2-3-7-14(12)17-15(19)11-18-8-4-6-13(9-16)10-18/h12-14H,2-11,16H2,1H3,(H,17,19). The number of amides is 1. The Hall–Kier alpha value is -0.610. The molecule has 3 atom stereocenters. The molecule has 2 rings (SSSR count). The van der Waals surface area contributed by atoms with Gasteiger partial charge in [0.25, 0.3) is 0 Å². The number of hydrogen-bond donors (Lipinski definition) is 2. The average molecular weight is 267 g/mol. The third-order valence-corrected chi connectivity index (χ3v) is 4.76. The van der Waals surface area contributed by atoms with Crippen molar-refractivity contribution in [3.05, 3.63) is 0 Å². The second-order valence-corrected chi connectivity index (χ2v) is 6.41. The summed E-state index contributed by atoms with van der Waals surface area (Å²) in [6.45, 7) is 5.60. The fourth-order valence-electron chi connectivity index (χ4n) is 3.47. The van der Waals surface area contributed by atoms with Gasteiger partial charge in [-0.25, -0.2) is 0 Å². The van der Waals surface area contributed by atoms with E-state index in [9.17, 15) is 4.79 Å². The van der Waals surface area contributed by atoms with Gasteiger partial charge in [-0.15, -0.1) is 0 Å². The van der Waals surface area contributed by atoms with Crippen molar-refractivity contribution in [2.24, 2.45) is 17.6 Å². The third kappa shape index (κ3) is 4.46. The molecule has 1 heterocycles. The number of nitrogens with zero attached hydrogens (tertiary/aromatic N) is 1. The number of rotatable bonds is 4. The summed E-state index contributed by atoms with van der Waals surface area (Å²) in [7, 11) is 0. The molecule has 19 heavy (non-hydrogen) atoms. The van der Waals surface area contributed by atoms with Gasteiger partial charge in [0.15, 0.2) is 0 Å². The first-order valence-electron chi connectivity index (χ1n) is 7.91. The highest BCUT2D eigenvalue weighted by Gasteiger charge is 2.25. The van der Waals surface area contributed by atoms with Crippen LogP contribution in [0.25, 0.3) is 0 Å². The van der Waals surface area contributed by atoms with E-state index >= 15 is 0 Å². The van der Waals surface area contributed by atoms with Gasteiger partial charge in [0, 0.05) is 12.6 Å². The normalized spacial score (nSPS) is 33.1. The summed E-state index contributed by atoms with van der Waals surface area (Å²) in [6.07, 6.45) is 7.37. The molecule has 1 saturated heterocycles. The number of likely N-dealkylation sites (tertiary alicyclic amines) is 1. The minimum Gasteiger partial charge on any atom is -0.352 e. The van der Waals surface area contributed by atoms with Crippen LogP contribution in [0, 0.1) is 11.8 Å². The van der Waals surface area contributed by atoms with Crippen LogP contribution in [0.15, 0.2) is 0 Å². The van der Waals surface area contributed by atoms with Crippen LogP contribution in [0.5, 0.6) is 0 Å². The topological polar surface area (TPSA) is 58.4 Å². The molecule has 0 spiro atoms. The van der Waals surface area contributed by atoms with E-state index in [1.54, 1.807) is 0 Å². The van der Waals surface area contributed by atoms with Crippen LogP contribution in [0.3, 0.4) is 0 Å². The van der Waals surface area contributed by atoms with Crippen LogP contribution in [-0.2, 0) is 4.79 Å². The second kappa shape index (κ2) is 7.25. The van der Waals surface area contributed by atoms with Crippen molar-refractivity contribution in [2.45, 2.75) is 51.5 Å². The monoisotopic (exact) mass is 267 g/mol. The Bertz CT molecular complexity index is 295. The van der Waals surface area contributed by atoms with Crippen LogP contribution in [-0.4, -0.2) is 43.0 Å². The maximum absolute atomic E-state index is 12.1. The van der Waals surface area contributed by atoms with E-state index in [4.69, 9.17) is 5.73 Å². The van der Waals surface area contributed by atoms with Gasteiger partial charge < -0.3 is 11.1 Å². The fraction of sp³-hybridized carbons (Fsp3) is 0.933. The van der Waals surface area contributed by atoms with E-state index in [1.807, 2.05) is 0 Å². The molecule has 1 aliphatic heterocycles. The second-order valence-electron chi connectivity index (χ2n) is 6.41. The SMILES string of the molecule is CC1CCCCC1NC(=O)CN1CCCC(CN)C1. The molecule has 4 heteroatoms. The summed E-state index contributed by atoms with van der Waals surface area (Å²) < 4.78 is 0. The zero-order valence-corrected chi connectivity index (χ0v) is 12.2. The maximum atomic E-state index is 12.1. The van der Waals surface area contributed by atoms with E-state index in [0.717, 1.165) is 26.1 Å². The summed E-state index contributed by atoms with van der Waals surface area (Å²) in [5.74, 6) is 1.42. The Labute approximate surface area is 117 Å². The number of carbonyl (C=O) groups excluding carboxylic acids is 1. The van der Waals surface area contributed by atoms with Crippen LogP contribution in [0.2, 0.25) is 0 Å². The van der Waals surface area contributed by atoms with Gasteiger partial charge in [-0.05, 0) is 50.6 Å². The summed E-state index contributed by atoms with van der Waals surface area (Å²) in [6, 6.07) is 0.399. The smallest absolute Gasteiger partial charge is 0.234 e. The summed E-state index contributed by atoms with van der Waals surface area (Å²) in [5, 5.41) is 3.24. The van der Waals surface area contributed by atoms with Crippen LogP contribution >= 0.6 is 0 Å². The molecule has 3 unspecified atom stereocenters. The highest BCUT2D eigenvalue weighted by molar-refractivity contribution is 5.78. The third-order valence-electron chi connectivity index (χ3n) is 4.76. The quantitative estimate of drug-likeness (QED) is 0.808. The molecule has 1 aliphatic carbocycles. The van der Waals surface area contributed by atoms with E-state index in [1.165, 1.54) is 32.1 Å². The summed E-state index contributed by atoms with van der Waals surface area (Å²) >= 11 is 0. The lowest BCUT2D eigenvalue weighted by atomic mass is 9.86. The van der Waals surface area contributed by atoms with Crippen molar-refractivity contribution >= 4 is 5.91 Å². The Morgan fingerprint density at radius 1 is 1.26 bits per heavy atom. The molecule has 0 bridgehead atoms. The fourth-order valence-corrected chi connectivity index (χ4v) is 3.47. The van der Waals surface area contributed by atoms with Crippen molar-refractivity contribution < 1.29 is 4.79 Å². The molecule has 2 aliphatic rings. The molecule has 2 fully saturated rings. The maximum Gasteiger partial charge on any atom is 0.234 e. The van der Waals surface area contributed by atoms with Crippen molar-refractivity contribution in [3.63, 3.8) is 0 Å². The Morgan fingerprint density at radius 3 is 2.79 bits per heavy atom. The van der Waals surface area contributed by atoms with E-state index in [-0.39, 0.29) is 5.91 Å². The summed E-state index contributed by atoms with van der Waals surface area (Å²) in [5.41, 5.74) is 5.74. The van der Waals surface area contributed by atoms with E-state index in [2.05, 4.69) is 17.1 Å². The molecular formula is C15H29N3O. The number of hydrogen-bond acceptors (Lipinski definition) is 3. The van der Waals surface area contributed by atoms with Gasteiger partial charge >= 0.3 is 0 Å². The number of nitrogens with one attached hydrogen (secondary N) is 1. The lowest BCUT2D eigenvalue weighted by molar-refractivity contribution is -0.123. The van der Waals surface area contributed by atoms with Crippen molar-refractivity contribution in [2.75, 3.05) is 26.2 Å². The minimum absolute atomic E-state index is 0.205. The summed E-state index contributed by atoms with van der Waals surface area (Å²) in [4.78, 5) is 14.4. The first-order chi connectivity index (χ1) is 9.19. The Balaban J connectivity index is 1.74. The first-order valence-corrected chi connectivity index (χ1v) is 7.91. The molecule has 0 aromatic carbocycles. The molecule has 0 radical (unpaired) electrons. The number of carbonyl (C=O) groups is 1. The number of piperidine rings is 1. The largest absolute Gasteiger partial charge is 0.352 e. The van der Waals surface area contributed by atoms with Crippen molar-refractivity contribution in [3.8, 4) is 0 Å². The van der Waals surface area contributed by atoms with Crippen LogP contribution < -0.4 is 11.1 Å². The molecule has 4 nitrogen and oxygen atoms in total. The molecule has 0 aromatic rings. The van der Waals surface area contributed by atoms with Gasteiger partial charge in [-0.2, -0.15) is 0 Å². The molecule has 3 N–H and O–H groups in total. The van der Waals surface area contributed by atoms with Crippen molar-refractivity contribution in [1.29, 1.82) is 0 Å². The molecule has 1 saturated carbocycles. The molecule has 1 amide bonds. The lowest BCUT2D eigenvalue weighted by Crippen LogP contribution is -2.48. The van der Waals surface area contributed by atoms with Crippen LogP contribution in [0.4, 0.5) is 0 Å². The first kappa shape index (κ1) is 14.8. The van der Waals surface area contributed by atoms with Crippen molar-refractivity contribution in [1.82, 2.24) is 10.2 Å². The predicted octanol–water partition coefficient (Wildman–Crippen LogP) is 1.35. The predicted molar refractivity (Wildman–Crippen MR) is 77.8 cm³/mol. The highest BCUT2D eigenvalue weighted by atomic mass is 16.2. The van der Waals surface area contributed by atoms with Gasteiger partial charge in [0.05, 0.1) is 6.54 Å². The van der Waals surface area contributed by atoms with Gasteiger partial charge in [0.2, 0.25) is 5.91 Å². The molecular weight excluding hydrogens is 238 g/mol. The van der Waals surface area contributed by atoms with Gasteiger partial charge in [0.1, 0.15) is 0 Å². The lowest BCUT2D eigenvalue weighted by Gasteiger charge is -2.33. The van der Waals surface area contributed by atoms with Crippen LogP contribution in [0.1, 0.15) is 45.4 Å². The molecule has 0 aromatic heterocycles. The highest BCUT2D eigenvalue weighted by Crippen LogP contribution is 2.23. The van der Waals surface area contributed by atoms with E-state index < -0.39 is 0 Å².